The summed E-state index contributed by atoms with van der Waals surface area (Å²) in [6.45, 7) is 6.32. The van der Waals surface area contributed by atoms with Crippen molar-refractivity contribution in [2.75, 3.05) is 5.84 Å². The van der Waals surface area contributed by atoms with Crippen LogP contribution in [0.25, 0.3) is 0 Å². The van der Waals surface area contributed by atoms with Crippen molar-refractivity contribution in [3.8, 4) is 0 Å². The summed E-state index contributed by atoms with van der Waals surface area (Å²) in [7, 11) is 0. The number of nitrogens with zero attached hydrogens (tertiary/aromatic N) is 2. The number of nitrogens with two attached hydrogens (primary N) is 1. The Kier molecular flexibility index (Phi) is 1.81. The zero-order valence-electron chi connectivity index (χ0n) is 7.20. The molecule has 0 fully saturated rings. The fourth-order valence-electron chi connectivity index (χ4n) is 0.795. The Morgan fingerprint density at radius 2 is 2.09 bits per heavy atom. The topological polar surface area (TPSA) is 42.8 Å². The van der Waals surface area contributed by atoms with Gasteiger partial charge in [0.1, 0.15) is 5.69 Å². The van der Waals surface area contributed by atoms with Crippen LogP contribution in [0.15, 0.2) is 18.6 Å². The van der Waals surface area contributed by atoms with Crippen LogP contribution in [0.1, 0.15) is 26.5 Å². The minimum atomic E-state index is 0.0718. The highest BCUT2D eigenvalue weighted by Crippen LogP contribution is 2.16. The van der Waals surface area contributed by atoms with E-state index in [1.165, 1.54) is 4.68 Å². The first-order chi connectivity index (χ1) is 5.00. The molecule has 0 bridgehead atoms. The summed E-state index contributed by atoms with van der Waals surface area (Å²) in [5.74, 6) is 5.53. The molecule has 0 amide bonds. The van der Waals surface area contributed by atoms with Crippen molar-refractivity contribution in [2.24, 2.45) is 0 Å². The second-order valence-corrected chi connectivity index (χ2v) is 3.64. The molecule has 60 valence electrons. The third-order valence-electron chi connectivity index (χ3n) is 1.49. The minimum Gasteiger partial charge on any atom is -0.248 e. The molecule has 0 spiro atoms. The highest BCUT2D eigenvalue weighted by Gasteiger charge is 2.17. The minimum absolute atomic E-state index is 0.0718. The molecule has 2 N–H and O–H groups in total. The molecule has 0 aliphatic carbocycles. The van der Waals surface area contributed by atoms with Crippen LogP contribution in [0.2, 0.25) is 0 Å². The largest absolute Gasteiger partial charge is 0.248 e. The molecule has 0 aliphatic heterocycles. The van der Waals surface area contributed by atoms with E-state index in [4.69, 9.17) is 5.84 Å². The quantitative estimate of drug-likeness (QED) is 0.431. The highest BCUT2D eigenvalue weighted by atomic mass is 15.3. The first kappa shape index (κ1) is 7.98. The van der Waals surface area contributed by atoms with E-state index in [0.717, 1.165) is 5.69 Å². The molecule has 1 heterocycles. The van der Waals surface area contributed by atoms with Crippen LogP contribution in [-0.4, -0.2) is 4.98 Å². The van der Waals surface area contributed by atoms with Crippen LogP contribution in [0.3, 0.4) is 0 Å². The van der Waals surface area contributed by atoms with Gasteiger partial charge in [0.15, 0.2) is 0 Å². The Labute approximate surface area is 66.9 Å². The molecular weight excluding hydrogens is 138 g/mol. The Balaban J connectivity index is 3.06. The Morgan fingerprint density at radius 1 is 1.45 bits per heavy atom. The molecule has 0 atom stereocenters. The second kappa shape index (κ2) is 2.49. The predicted octanol–water partition coefficient (Wildman–Crippen LogP) is 0.380. The van der Waals surface area contributed by atoms with E-state index >= 15 is 0 Å². The molecule has 3 nitrogen and oxygen atoms in total. The fourth-order valence-corrected chi connectivity index (χ4v) is 0.795. The van der Waals surface area contributed by atoms with Gasteiger partial charge in [0.05, 0.1) is 6.20 Å². The van der Waals surface area contributed by atoms with E-state index in [9.17, 15) is 0 Å². The van der Waals surface area contributed by atoms with Gasteiger partial charge in [0.25, 0.3) is 0 Å². The lowest BCUT2D eigenvalue weighted by Gasteiger charge is -2.14. The Hall–Kier alpha value is -1.12. The Bertz CT molecular complexity index is 250. The predicted molar refractivity (Wildman–Crippen MR) is 43.3 cm³/mol. The molecule has 1 rings (SSSR count). The SMILES string of the molecule is CC(C)(C)c1c[n+](N)ccn1. The highest BCUT2D eigenvalue weighted by molar-refractivity contribution is 5.04. The average Bonchev–Trinajstić information content (AvgIpc) is 1.86. The van der Waals surface area contributed by atoms with Crippen molar-refractivity contribution in [2.45, 2.75) is 26.2 Å². The van der Waals surface area contributed by atoms with E-state index in [-0.39, 0.29) is 5.41 Å². The van der Waals surface area contributed by atoms with Crippen LogP contribution >= 0.6 is 0 Å². The fraction of sp³-hybridized carbons (Fsp3) is 0.500. The average molecular weight is 152 g/mol. The maximum absolute atomic E-state index is 5.53. The van der Waals surface area contributed by atoms with Gasteiger partial charge >= 0.3 is 0 Å². The van der Waals surface area contributed by atoms with Crippen LogP contribution < -0.4 is 10.5 Å². The molecule has 3 heteroatoms. The van der Waals surface area contributed by atoms with Crippen molar-refractivity contribution in [1.29, 1.82) is 0 Å². The van der Waals surface area contributed by atoms with Gasteiger partial charge in [-0.25, -0.2) is 10.8 Å². The maximum Gasteiger partial charge on any atom is 0.221 e. The summed E-state index contributed by atoms with van der Waals surface area (Å²) in [5.41, 5.74) is 1.07. The van der Waals surface area contributed by atoms with Crippen LogP contribution in [0.5, 0.6) is 0 Å². The van der Waals surface area contributed by atoms with Gasteiger partial charge < -0.3 is 0 Å². The van der Waals surface area contributed by atoms with Crippen molar-refractivity contribution in [1.82, 2.24) is 4.98 Å². The van der Waals surface area contributed by atoms with Crippen molar-refractivity contribution in [3.05, 3.63) is 24.3 Å². The van der Waals surface area contributed by atoms with Gasteiger partial charge in [-0.2, -0.15) is 0 Å². The molecule has 0 saturated carbocycles. The normalized spacial score (nSPS) is 11.5. The number of nitrogen functional groups attached to an aromatic ring is 1. The third-order valence-corrected chi connectivity index (χ3v) is 1.49. The molecule has 1 aromatic rings. The summed E-state index contributed by atoms with van der Waals surface area (Å²) in [6, 6.07) is 0. The van der Waals surface area contributed by atoms with Gasteiger partial charge in [-0.15, -0.1) is 0 Å². The monoisotopic (exact) mass is 152 g/mol. The lowest BCUT2D eigenvalue weighted by molar-refractivity contribution is -0.640. The van der Waals surface area contributed by atoms with E-state index < -0.39 is 0 Å². The molecule has 0 aromatic carbocycles. The molecule has 11 heavy (non-hydrogen) atoms. The van der Waals surface area contributed by atoms with E-state index in [1.54, 1.807) is 12.4 Å². The number of hydrogen-bond acceptors (Lipinski definition) is 2. The van der Waals surface area contributed by atoms with Gasteiger partial charge in [0, 0.05) is 5.41 Å². The maximum atomic E-state index is 5.53. The lowest BCUT2D eigenvalue weighted by Crippen LogP contribution is -2.44. The first-order valence-electron chi connectivity index (χ1n) is 3.63. The molecule has 0 aliphatic rings. The third kappa shape index (κ3) is 1.90. The summed E-state index contributed by atoms with van der Waals surface area (Å²) in [6.07, 6.45) is 5.26. The molecule has 0 saturated heterocycles. The van der Waals surface area contributed by atoms with Gasteiger partial charge in [-0.05, 0) is 0 Å². The first-order valence-corrected chi connectivity index (χ1v) is 3.63. The smallest absolute Gasteiger partial charge is 0.221 e. The van der Waals surface area contributed by atoms with Gasteiger partial charge in [-0.1, -0.05) is 25.4 Å². The van der Waals surface area contributed by atoms with Crippen molar-refractivity contribution < 1.29 is 4.68 Å². The molecule has 0 radical (unpaired) electrons. The van der Waals surface area contributed by atoms with Gasteiger partial charge in [-0.3, -0.25) is 0 Å². The summed E-state index contributed by atoms with van der Waals surface area (Å²) >= 11 is 0. The second-order valence-electron chi connectivity index (χ2n) is 3.64. The zero-order valence-corrected chi connectivity index (χ0v) is 7.20. The zero-order chi connectivity index (χ0) is 8.48. The van der Waals surface area contributed by atoms with Crippen LogP contribution in [-0.2, 0) is 5.41 Å². The molecular formula is C8H14N3+. The van der Waals surface area contributed by atoms with Crippen molar-refractivity contribution in [3.63, 3.8) is 0 Å². The van der Waals surface area contributed by atoms with Crippen LogP contribution in [0.4, 0.5) is 0 Å². The lowest BCUT2D eigenvalue weighted by atomic mass is 9.93. The summed E-state index contributed by atoms with van der Waals surface area (Å²) in [5, 5.41) is 0. The number of aromatic nitrogens is 2. The van der Waals surface area contributed by atoms with Gasteiger partial charge in [0.2, 0.25) is 12.4 Å². The molecule has 0 unspecified atom stereocenters. The van der Waals surface area contributed by atoms with Crippen molar-refractivity contribution >= 4 is 0 Å². The summed E-state index contributed by atoms with van der Waals surface area (Å²) in [4.78, 5) is 4.21. The van der Waals surface area contributed by atoms with E-state index in [1.807, 2.05) is 6.20 Å². The number of hydrogen-bond donors (Lipinski definition) is 1. The summed E-state index contributed by atoms with van der Waals surface area (Å²) < 4.78 is 1.52. The van der Waals surface area contributed by atoms with Crippen LogP contribution in [0, 0.1) is 0 Å². The Morgan fingerprint density at radius 3 is 2.45 bits per heavy atom. The standard InChI is InChI=1S/C8H14N3/c1-8(2,3)7-6-11(9)5-4-10-7/h4-6H,1-3H3,(H2,9,10)/q+1. The van der Waals surface area contributed by atoms with E-state index in [2.05, 4.69) is 25.8 Å². The van der Waals surface area contributed by atoms with E-state index in [0.29, 0.717) is 0 Å². The molecule has 1 aromatic heterocycles. The number of rotatable bonds is 0.